The van der Waals surface area contributed by atoms with Crippen molar-refractivity contribution in [3.63, 3.8) is 0 Å². The minimum Gasteiger partial charge on any atom is -0.376 e. The van der Waals surface area contributed by atoms with Gasteiger partial charge < -0.3 is 10.5 Å². The van der Waals surface area contributed by atoms with E-state index >= 15 is 0 Å². The van der Waals surface area contributed by atoms with Gasteiger partial charge in [0.05, 0.1) is 5.60 Å². The number of hydrogen-bond donors (Lipinski definition) is 1. The van der Waals surface area contributed by atoms with Gasteiger partial charge in [0.25, 0.3) is 0 Å². The summed E-state index contributed by atoms with van der Waals surface area (Å²) in [4.78, 5) is 0. The lowest BCUT2D eigenvalue weighted by Gasteiger charge is -2.36. The van der Waals surface area contributed by atoms with Crippen molar-refractivity contribution in [2.45, 2.75) is 66.0 Å². The Morgan fingerprint density at radius 3 is 1.93 bits per heavy atom. The molecule has 0 aromatic carbocycles. The van der Waals surface area contributed by atoms with Crippen LogP contribution in [0.25, 0.3) is 0 Å². The molecule has 2 unspecified atom stereocenters. The second kappa shape index (κ2) is 5.31. The van der Waals surface area contributed by atoms with E-state index in [1.807, 2.05) is 6.92 Å². The van der Waals surface area contributed by atoms with Crippen LogP contribution < -0.4 is 5.73 Å². The van der Waals surface area contributed by atoms with Crippen LogP contribution in [0.5, 0.6) is 0 Å². The average Bonchev–Trinajstić information content (AvgIpc) is 1.99. The SMILES string of the molecule is CCOC(C)(C)CC(C)C(C)C(C)(C)N. The van der Waals surface area contributed by atoms with E-state index in [1.165, 1.54) is 0 Å². The Bertz CT molecular complexity index is 181. The first-order valence-corrected chi connectivity index (χ1v) is 6.03. The minimum atomic E-state index is -0.109. The van der Waals surface area contributed by atoms with Gasteiger partial charge in [-0.2, -0.15) is 0 Å². The maximum Gasteiger partial charge on any atom is 0.0629 e. The number of hydrogen-bond acceptors (Lipinski definition) is 2. The highest BCUT2D eigenvalue weighted by Crippen LogP contribution is 2.30. The monoisotopic (exact) mass is 215 g/mol. The van der Waals surface area contributed by atoms with Crippen LogP contribution in [-0.4, -0.2) is 17.7 Å². The molecule has 92 valence electrons. The molecule has 0 bridgehead atoms. The average molecular weight is 215 g/mol. The molecule has 2 N–H and O–H groups in total. The molecule has 0 saturated heterocycles. The second-order valence-corrected chi connectivity index (χ2v) is 5.98. The standard InChI is InChI=1S/C13H29NO/c1-8-15-12(4,5)9-10(2)11(3)13(6,7)14/h10-11H,8-9,14H2,1-7H3. The normalized spacial score (nSPS) is 17.6. The van der Waals surface area contributed by atoms with E-state index in [0.717, 1.165) is 13.0 Å². The summed E-state index contributed by atoms with van der Waals surface area (Å²) in [5.41, 5.74) is 5.99. The molecular weight excluding hydrogens is 186 g/mol. The molecule has 0 radical (unpaired) electrons. The van der Waals surface area contributed by atoms with Crippen molar-refractivity contribution in [3.05, 3.63) is 0 Å². The highest BCUT2D eigenvalue weighted by atomic mass is 16.5. The molecular formula is C13H29NO. The quantitative estimate of drug-likeness (QED) is 0.738. The molecule has 0 amide bonds. The smallest absolute Gasteiger partial charge is 0.0629 e. The Hall–Kier alpha value is -0.0800. The molecule has 0 rings (SSSR count). The molecule has 0 spiro atoms. The predicted molar refractivity (Wildman–Crippen MR) is 66.9 cm³/mol. The van der Waals surface area contributed by atoms with Crippen molar-refractivity contribution in [1.82, 2.24) is 0 Å². The van der Waals surface area contributed by atoms with Crippen LogP contribution >= 0.6 is 0 Å². The van der Waals surface area contributed by atoms with E-state index in [1.54, 1.807) is 0 Å². The van der Waals surface area contributed by atoms with Gasteiger partial charge in [-0.1, -0.05) is 13.8 Å². The van der Waals surface area contributed by atoms with Gasteiger partial charge in [0, 0.05) is 12.1 Å². The van der Waals surface area contributed by atoms with Crippen LogP contribution in [0.4, 0.5) is 0 Å². The van der Waals surface area contributed by atoms with Crippen LogP contribution in [0.15, 0.2) is 0 Å². The lowest BCUT2D eigenvalue weighted by Crippen LogP contribution is -2.44. The first-order valence-electron chi connectivity index (χ1n) is 6.03. The number of ether oxygens (including phenoxy) is 1. The van der Waals surface area contributed by atoms with Gasteiger partial charge >= 0.3 is 0 Å². The predicted octanol–water partition coefficient (Wildman–Crippen LogP) is 3.20. The van der Waals surface area contributed by atoms with Gasteiger partial charge in [-0.15, -0.1) is 0 Å². The third-order valence-electron chi connectivity index (χ3n) is 3.38. The van der Waals surface area contributed by atoms with Crippen molar-refractivity contribution in [1.29, 1.82) is 0 Å². The van der Waals surface area contributed by atoms with Gasteiger partial charge in [0.2, 0.25) is 0 Å². The molecule has 0 aromatic heterocycles. The molecule has 0 aliphatic carbocycles. The van der Waals surface area contributed by atoms with Crippen molar-refractivity contribution < 1.29 is 4.74 Å². The maximum atomic E-state index is 6.13. The fourth-order valence-corrected chi connectivity index (χ4v) is 2.14. The molecule has 0 fully saturated rings. The first kappa shape index (κ1) is 14.9. The summed E-state index contributed by atoms with van der Waals surface area (Å²) >= 11 is 0. The topological polar surface area (TPSA) is 35.2 Å². The fourth-order valence-electron chi connectivity index (χ4n) is 2.14. The molecule has 0 saturated carbocycles. The van der Waals surface area contributed by atoms with Gasteiger partial charge in [0.1, 0.15) is 0 Å². The minimum absolute atomic E-state index is 0.0341. The van der Waals surface area contributed by atoms with E-state index in [0.29, 0.717) is 11.8 Å². The van der Waals surface area contributed by atoms with Crippen LogP contribution in [0.3, 0.4) is 0 Å². The van der Waals surface area contributed by atoms with Gasteiger partial charge in [-0.25, -0.2) is 0 Å². The molecule has 15 heavy (non-hydrogen) atoms. The number of nitrogens with two attached hydrogens (primary N) is 1. The summed E-state index contributed by atoms with van der Waals surface area (Å²) < 4.78 is 5.72. The summed E-state index contributed by atoms with van der Waals surface area (Å²) in [6.07, 6.45) is 1.06. The lowest BCUT2D eigenvalue weighted by atomic mass is 9.76. The zero-order valence-electron chi connectivity index (χ0n) is 11.6. The molecule has 0 aromatic rings. The number of rotatable bonds is 6. The summed E-state index contributed by atoms with van der Waals surface area (Å²) in [6, 6.07) is 0. The Morgan fingerprint density at radius 2 is 1.60 bits per heavy atom. The molecule has 0 aliphatic rings. The lowest BCUT2D eigenvalue weighted by molar-refractivity contribution is -0.0333. The molecule has 2 nitrogen and oxygen atoms in total. The Morgan fingerprint density at radius 1 is 1.13 bits per heavy atom. The first-order chi connectivity index (χ1) is 6.60. The van der Waals surface area contributed by atoms with Crippen LogP contribution in [0.1, 0.15) is 54.9 Å². The highest BCUT2D eigenvalue weighted by Gasteiger charge is 2.30. The summed E-state index contributed by atoms with van der Waals surface area (Å²) in [7, 11) is 0. The fraction of sp³-hybridized carbons (Fsp3) is 1.00. The largest absolute Gasteiger partial charge is 0.376 e. The van der Waals surface area contributed by atoms with Crippen LogP contribution in [0.2, 0.25) is 0 Å². The van der Waals surface area contributed by atoms with Crippen molar-refractivity contribution in [3.8, 4) is 0 Å². The zero-order chi connectivity index (χ0) is 12.3. The Kier molecular flexibility index (Phi) is 5.28. The highest BCUT2D eigenvalue weighted by molar-refractivity contribution is 4.85. The van der Waals surface area contributed by atoms with Crippen molar-refractivity contribution in [2.24, 2.45) is 17.6 Å². The van der Waals surface area contributed by atoms with E-state index in [4.69, 9.17) is 10.5 Å². The summed E-state index contributed by atoms with van der Waals surface area (Å²) in [5, 5.41) is 0. The zero-order valence-corrected chi connectivity index (χ0v) is 11.6. The third kappa shape index (κ3) is 5.53. The van der Waals surface area contributed by atoms with Crippen LogP contribution in [0, 0.1) is 11.8 Å². The van der Waals surface area contributed by atoms with E-state index < -0.39 is 0 Å². The maximum absolute atomic E-state index is 6.13. The summed E-state index contributed by atoms with van der Waals surface area (Å²) in [5.74, 6) is 1.07. The van der Waals surface area contributed by atoms with Gasteiger partial charge in [-0.05, 0) is 52.9 Å². The van der Waals surface area contributed by atoms with Crippen LogP contribution in [-0.2, 0) is 4.74 Å². The molecule has 2 atom stereocenters. The van der Waals surface area contributed by atoms with Crippen molar-refractivity contribution in [2.75, 3.05) is 6.61 Å². The van der Waals surface area contributed by atoms with Gasteiger partial charge in [0.15, 0.2) is 0 Å². The Balaban J connectivity index is 4.30. The molecule has 2 heteroatoms. The second-order valence-electron chi connectivity index (χ2n) is 5.98. The van der Waals surface area contributed by atoms with E-state index in [-0.39, 0.29) is 11.1 Å². The van der Waals surface area contributed by atoms with Gasteiger partial charge in [-0.3, -0.25) is 0 Å². The van der Waals surface area contributed by atoms with Crippen molar-refractivity contribution >= 4 is 0 Å². The van der Waals surface area contributed by atoms with E-state index in [9.17, 15) is 0 Å². The molecule has 0 aliphatic heterocycles. The molecule has 0 heterocycles. The Labute approximate surface area is 95.6 Å². The summed E-state index contributed by atoms with van der Waals surface area (Å²) in [6.45, 7) is 15.8. The third-order valence-corrected chi connectivity index (χ3v) is 3.38. The van der Waals surface area contributed by atoms with E-state index in [2.05, 4.69) is 41.5 Å².